The van der Waals surface area contributed by atoms with Crippen molar-refractivity contribution < 1.29 is 4.39 Å². The maximum atomic E-state index is 13.6. The molecule has 4 heteroatoms. The van der Waals surface area contributed by atoms with Crippen molar-refractivity contribution in [1.82, 2.24) is 4.98 Å². The van der Waals surface area contributed by atoms with E-state index in [-0.39, 0.29) is 5.82 Å². The molecule has 2 aromatic carbocycles. The van der Waals surface area contributed by atoms with Crippen molar-refractivity contribution in [2.45, 2.75) is 13.8 Å². The highest BCUT2D eigenvalue weighted by molar-refractivity contribution is 5.95. The molecule has 0 saturated heterocycles. The Hall–Kier alpha value is -2.93. The van der Waals surface area contributed by atoms with Crippen LogP contribution in [0.5, 0.6) is 0 Å². The molecule has 0 amide bonds. The summed E-state index contributed by atoms with van der Waals surface area (Å²) in [4.78, 5) is 4.20. The van der Waals surface area contributed by atoms with Crippen molar-refractivity contribution >= 4 is 22.3 Å². The molecular weight excluding hydrogens is 277 g/mol. The Labute approximate surface area is 128 Å². The molecule has 0 aliphatic rings. The number of rotatable bonds is 2. The monoisotopic (exact) mass is 291 g/mol. The highest BCUT2D eigenvalue weighted by Crippen LogP contribution is 2.30. The van der Waals surface area contributed by atoms with Crippen LogP contribution in [0.15, 0.2) is 42.6 Å². The van der Waals surface area contributed by atoms with E-state index in [4.69, 9.17) is 0 Å². The zero-order valence-electron chi connectivity index (χ0n) is 12.3. The number of anilines is 2. The van der Waals surface area contributed by atoms with Crippen LogP contribution in [-0.4, -0.2) is 4.98 Å². The summed E-state index contributed by atoms with van der Waals surface area (Å²) in [6.07, 6.45) is 1.51. The number of aromatic nitrogens is 1. The SMILES string of the molecule is Cc1cc(C)cc(Nc2c(C#N)cnc3ccc(F)cc23)c1. The smallest absolute Gasteiger partial charge is 0.124 e. The van der Waals surface area contributed by atoms with E-state index >= 15 is 0 Å². The molecule has 0 unspecified atom stereocenters. The Morgan fingerprint density at radius 2 is 1.82 bits per heavy atom. The molecular formula is C18H14FN3. The highest BCUT2D eigenvalue weighted by Gasteiger charge is 2.10. The van der Waals surface area contributed by atoms with Crippen LogP contribution in [0, 0.1) is 31.0 Å². The lowest BCUT2D eigenvalue weighted by molar-refractivity contribution is 0.629. The molecule has 0 fully saturated rings. The van der Waals surface area contributed by atoms with Gasteiger partial charge in [0, 0.05) is 17.3 Å². The van der Waals surface area contributed by atoms with Gasteiger partial charge in [0.15, 0.2) is 0 Å². The van der Waals surface area contributed by atoms with Gasteiger partial charge in [0.1, 0.15) is 11.9 Å². The number of pyridine rings is 1. The Bertz CT molecular complexity index is 890. The first-order chi connectivity index (χ1) is 10.6. The van der Waals surface area contributed by atoms with Gasteiger partial charge in [-0.05, 0) is 55.3 Å². The minimum atomic E-state index is -0.354. The quantitative estimate of drug-likeness (QED) is 0.750. The van der Waals surface area contributed by atoms with Crippen LogP contribution >= 0.6 is 0 Å². The van der Waals surface area contributed by atoms with Crippen LogP contribution in [0.4, 0.5) is 15.8 Å². The van der Waals surface area contributed by atoms with E-state index < -0.39 is 0 Å². The Kier molecular flexibility index (Phi) is 3.48. The first-order valence-corrected chi connectivity index (χ1v) is 6.90. The highest BCUT2D eigenvalue weighted by atomic mass is 19.1. The number of hydrogen-bond acceptors (Lipinski definition) is 3. The van der Waals surface area contributed by atoms with Gasteiger partial charge < -0.3 is 5.32 Å². The third-order valence-corrected chi connectivity index (χ3v) is 3.44. The molecule has 0 spiro atoms. The minimum Gasteiger partial charge on any atom is -0.354 e. The lowest BCUT2D eigenvalue weighted by Gasteiger charge is -2.13. The number of fused-ring (bicyclic) bond motifs is 1. The summed E-state index contributed by atoms with van der Waals surface area (Å²) in [6, 6.07) is 12.5. The Morgan fingerprint density at radius 1 is 1.09 bits per heavy atom. The van der Waals surface area contributed by atoms with Crippen molar-refractivity contribution in [2.75, 3.05) is 5.32 Å². The first-order valence-electron chi connectivity index (χ1n) is 6.90. The molecule has 0 aliphatic carbocycles. The number of nitrogens with one attached hydrogen (secondary N) is 1. The zero-order chi connectivity index (χ0) is 15.7. The van der Waals surface area contributed by atoms with E-state index in [1.54, 1.807) is 6.07 Å². The van der Waals surface area contributed by atoms with Crippen molar-refractivity contribution in [3.05, 3.63) is 65.1 Å². The van der Waals surface area contributed by atoms with Crippen LogP contribution in [0.2, 0.25) is 0 Å². The zero-order valence-corrected chi connectivity index (χ0v) is 12.3. The fraction of sp³-hybridized carbons (Fsp3) is 0.111. The van der Waals surface area contributed by atoms with Crippen LogP contribution in [0.1, 0.15) is 16.7 Å². The van der Waals surface area contributed by atoms with Gasteiger partial charge >= 0.3 is 0 Å². The second-order valence-corrected chi connectivity index (χ2v) is 5.32. The summed E-state index contributed by atoms with van der Waals surface area (Å²) in [5, 5.41) is 13.2. The number of nitrogens with zero attached hydrogens (tertiary/aromatic N) is 2. The van der Waals surface area contributed by atoms with Crippen molar-refractivity contribution in [3.63, 3.8) is 0 Å². The van der Waals surface area contributed by atoms with Gasteiger partial charge in [-0.2, -0.15) is 5.26 Å². The molecule has 0 saturated carbocycles. The van der Waals surface area contributed by atoms with E-state index in [9.17, 15) is 9.65 Å². The van der Waals surface area contributed by atoms with Gasteiger partial charge in [0.25, 0.3) is 0 Å². The van der Waals surface area contributed by atoms with Gasteiger partial charge in [-0.1, -0.05) is 6.07 Å². The normalized spacial score (nSPS) is 10.5. The average molecular weight is 291 g/mol. The Morgan fingerprint density at radius 3 is 2.50 bits per heavy atom. The molecule has 108 valence electrons. The Balaban J connectivity index is 2.20. The van der Waals surface area contributed by atoms with Crippen LogP contribution in [-0.2, 0) is 0 Å². The molecule has 1 heterocycles. The van der Waals surface area contributed by atoms with Crippen LogP contribution in [0.3, 0.4) is 0 Å². The van der Waals surface area contributed by atoms with Crippen molar-refractivity contribution in [1.29, 1.82) is 5.26 Å². The number of aryl methyl sites for hydroxylation is 2. The van der Waals surface area contributed by atoms with Crippen LogP contribution < -0.4 is 5.32 Å². The van der Waals surface area contributed by atoms with E-state index in [0.29, 0.717) is 22.2 Å². The molecule has 0 atom stereocenters. The first kappa shape index (κ1) is 14.0. The molecule has 1 aromatic heterocycles. The molecule has 3 aromatic rings. The van der Waals surface area contributed by atoms with Crippen molar-refractivity contribution in [2.24, 2.45) is 0 Å². The second-order valence-electron chi connectivity index (χ2n) is 5.32. The molecule has 0 bridgehead atoms. The molecule has 0 radical (unpaired) electrons. The lowest BCUT2D eigenvalue weighted by atomic mass is 10.1. The van der Waals surface area contributed by atoms with Gasteiger partial charge in [-0.15, -0.1) is 0 Å². The second kappa shape index (κ2) is 5.45. The number of hydrogen-bond donors (Lipinski definition) is 1. The van der Waals surface area contributed by atoms with Crippen molar-refractivity contribution in [3.8, 4) is 6.07 Å². The fourth-order valence-corrected chi connectivity index (χ4v) is 2.58. The molecule has 1 N–H and O–H groups in total. The molecule has 3 nitrogen and oxygen atoms in total. The minimum absolute atomic E-state index is 0.354. The summed E-state index contributed by atoms with van der Waals surface area (Å²) in [7, 11) is 0. The standard InChI is InChI=1S/C18H14FN3/c1-11-5-12(2)7-15(6-11)22-18-13(9-20)10-21-17-4-3-14(19)8-16(17)18/h3-8,10H,1-2H3,(H,21,22). The summed E-state index contributed by atoms with van der Waals surface area (Å²) in [5.74, 6) is -0.354. The maximum Gasteiger partial charge on any atom is 0.124 e. The topological polar surface area (TPSA) is 48.7 Å². The third-order valence-electron chi connectivity index (χ3n) is 3.44. The molecule has 22 heavy (non-hydrogen) atoms. The number of halogens is 1. The number of nitriles is 1. The van der Waals surface area contributed by atoms with E-state index in [2.05, 4.69) is 22.4 Å². The van der Waals surface area contributed by atoms with E-state index in [0.717, 1.165) is 16.8 Å². The number of benzene rings is 2. The van der Waals surface area contributed by atoms with Gasteiger partial charge in [0.2, 0.25) is 0 Å². The van der Waals surface area contributed by atoms with Crippen LogP contribution in [0.25, 0.3) is 10.9 Å². The predicted molar refractivity (Wildman–Crippen MR) is 85.6 cm³/mol. The van der Waals surface area contributed by atoms with Gasteiger partial charge in [0.05, 0.1) is 16.8 Å². The molecule has 0 aliphatic heterocycles. The average Bonchev–Trinajstić information content (AvgIpc) is 2.47. The van der Waals surface area contributed by atoms with Gasteiger partial charge in [-0.25, -0.2) is 4.39 Å². The van der Waals surface area contributed by atoms with E-state index in [1.165, 1.54) is 18.3 Å². The maximum absolute atomic E-state index is 13.6. The molecule has 3 rings (SSSR count). The lowest BCUT2D eigenvalue weighted by Crippen LogP contribution is -1.98. The summed E-state index contributed by atoms with van der Waals surface area (Å²) < 4.78 is 13.6. The predicted octanol–water partition coefficient (Wildman–Crippen LogP) is 4.61. The fourth-order valence-electron chi connectivity index (χ4n) is 2.58. The van der Waals surface area contributed by atoms with Gasteiger partial charge in [-0.3, -0.25) is 4.98 Å². The summed E-state index contributed by atoms with van der Waals surface area (Å²) in [5.41, 5.74) is 4.71. The largest absolute Gasteiger partial charge is 0.354 e. The third kappa shape index (κ3) is 2.61. The summed E-state index contributed by atoms with van der Waals surface area (Å²) >= 11 is 0. The van der Waals surface area contributed by atoms with E-state index in [1.807, 2.05) is 26.0 Å². The summed E-state index contributed by atoms with van der Waals surface area (Å²) in [6.45, 7) is 4.02.